The Morgan fingerprint density at radius 3 is 2.71 bits per heavy atom. The van der Waals surface area contributed by atoms with E-state index < -0.39 is 10.5 Å². The first-order valence-corrected chi connectivity index (χ1v) is 6.79. The van der Waals surface area contributed by atoms with Crippen molar-refractivity contribution in [1.29, 1.82) is 0 Å². The van der Waals surface area contributed by atoms with Gasteiger partial charge < -0.3 is 20.5 Å². The summed E-state index contributed by atoms with van der Waals surface area (Å²) in [7, 11) is 0. The van der Waals surface area contributed by atoms with Crippen LogP contribution in [0, 0.1) is 10.1 Å². The van der Waals surface area contributed by atoms with E-state index >= 15 is 0 Å². The molecular formula is C12H19N5O4. The van der Waals surface area contributed by atoms with Gasteiger partial charge in [-0.1, -0.05) is 0 Å². The van der Waals surface area contributed by atoms with Crippen LogP contribution in [0.4, 0.5) is 17.3 Å². The van der Waals surface area contributed by atoms with Gasteiger partial charge in [-0.25, -0.2) is 9.97 Å². The summed E-state index contributed by atoms with van der Waals surface area (Å²) in [5.41, 5.74) is -1.29. The number of nitro groups is 1. The molecule has 1 aromatic heterocycles. The van der Waals surface area contributed by atoms with Crippen molar-refractivity contribution in [2.75, 3.05) is 30.3 Å². The zero-order valence-electron chi connectivity index (χ0n) is 12.0. The van der Waals surface area contributed by atoms with Gasteiger partial charge in [-0.15, -0.1) is 0 Å². The van der Waals surface area contributed by atoms with E-state index in [1.165, 1.54) is 6.33 Å². The molecule has 1 saturated heterocycles. The molecule has 1 aromatic rings. The summed E-state index contributed by atoms with van der Waals surface area (Å²) < 4.78 is 5.33. The fourth-order valence-corrected chi connectivity index (χ4v) is 2.22. The van der Waals surface area contributed by atoms with E-state index in [9.17, 15) is 15.2 Å². The average Bonchev–Trinajstić information content (AvgIpc) is 2.77. The van der Waals surface area contributed by atoms with Crippen molar-refractivity contribution >= 4 is 17.3 Å². The van der Waals surface area contributed by atoms with Crippen LogP contribution in [0.2, 0.25) is 0 Å². The van der Waals surface area contributed by atoms with Crippen LogP contribution in [0.25, 0.3) is 0 Å². The molecule has 9 nitrogen and oxygen atoms in total. The molecular weight excluding hydrogens is 278 g/mol. The third-order valence-electron chi connectivity index (χ3n) is 3.57. The summed E-state index contributed by atoms with van der Waals surface area (Å²) in [5.74, 6) is 0.237. The second-order valence-electron chi connectivity index (χ2n) is 4.93. The highest BCUT2D eigenvalue weighted by molar-refractivity contribution is 5.69. The number of hydrogen-bond donors (Lipinski definition) is 3. The average molecular weight is 297 g/mol. The highest BCUT2D eigenvalue weighted by Crippen LogP contribution is 2.31. The Bertz CT molecular complexity index is 526. The first kappa shape index (κ1) is 15.4. The van der Waals surface area contributed by atoms with Crippen LogP contribution < -0.4 is 10.6 Å². The van der Waals surface area contributed by atoms with E-state index in [1.54, 1.807) is 6.92 Å². The lowest BCUT2D eigenvalue weighted by atomic mass is 9.97. The Morgan fingerprint density at radius 1 is 1.52 bits per heavy atom. The highest BCUT2D eigenvalue weighted by Gasteiger charge is 2.40. The van der Waals surface area contributed by atoms with Gasteiger partial charge in [0.2, 0.25) is 11.6 Å². The molecule has 0 aliphatic carbocycles. The zero-order valence-corrected chi connectivity index (χ0v) is 12.0. The molecule has 116 valence electrons. The number of ether oxygens (including phenoxy) is 1. The van der Waals surface area contributed by atoms with E-state index in [0.717, 1.165) is 0 Å². The molecule has 1 aliphatic rings. The molecule has 9 heteroatoms. The Morgan fingerprint density at radius 2 is 2.19 bits per heavy atom. The van der Waals surface area contributed by atoms with E-state index in [1.807, 2.05) is 6.92 Å². The molecule has 1 aliphatic heterocycles. The predicted octanol–water partition coefficient (Wildman–Crippen LogP) is 0.768. The van der Waals surface area contributed by atoms with Gasteiger partial charge in [0.1, 0.15) is 11.9 Å². The molecule has 3 N–H and O–H groups in total. The molecule has 21 heavy (non-hydrogen) atoms. The molecule has 0 saturated carbocycles. The van der Waals surface area contributed by atoms with Crippen LogP contribution in [0.15, 0.2) is 6.33 Å². The minimum Gasteiger partial charge on any atom is -0.385 e. The molecule has 1 fully saturated rings. The Balaban J connectivity index is 2.19. The highest BCUT2D eigenvalue weighted by atomic mass is 16.6. The monoisotopic (exact) mass is 297 g/mol. The van der Waals surface area contributed by atoms with Gasteiger partial charge in [-0.3, -0.25) is 10.1 Å². The van der Waals surface area contributed by atoms with Crippen LogP contribution in [0.1, 0.15) is 20.3 Å². The number of nitrogens with one attached hydrogen (secondary N) is 2. The van der Waals surface area contributed by atoms with Crippen molar-refractivity contribution in [2.24, 2.45) is 0 Å². The molecule has 0 amide bonds. The molecule has 0 spiro atoms. The second kappa shape index (κ2) is 6.19. The first-order chi connectivity index (χ1) is 9.98. The Hall–Kier alpha value is -2.00. The summed E-state index contributed by atoms with van der Waals surface area (Å²) >= 11 is 0. The summed E-state index contributed by atoms with van der Waals surface area (Å²) in [6, 6.07) is 0. The Kier molecular flexibility index (Phi) is 4.53. The minimum atomic E-state index is -1.06. The lowest BCUT2D eigenvalue weighted by Gasteiger charge is -2.26. The van der Waals surface area contributed by atoms with Crippen molar-refractivity contribution in [3.05, 3.63) is 16.4 Å². The predicted molar refractivity (Wildman–Crippen MR) is 76.3 cm³/mol. The molecule has 2 heterocycles. The maximum atomic E-state index is 11.2. The number of rotatable bonds is 6. The standard InChI is InChI=1S/C12H19N5O4/c1-3-13-10-9(17(19)20)11(16-7-15-10)14-6-12(18)4-5-21-8(12)2/h7-8,18H,3-6H2,1-2H3,(H2,13,14,15,16). The van der Waals surface area contributed by atoms with Gasteiger partial charge in [-0.2, -0.15) is 0 Å². The summed E-state index contributed by atoms with van der Waals surface area (Å²) in [6.45, 7) is 4.68. The van der Waals surface area contributed by atoms with Crippen LogP contribution in [-0.4, -0.2) is 51.4 Å². The molecule has 0 bridgehead atoms. The first-order valence-electron chi connectivity index (χ1n) is 6.79. The van der Waals surface area contributed by atoms with E-state index in [-0.39, 0.29) is 30.0 Å². The maximum absolute atomic E-state index is 11.2. The molecule has 2 unspecified atom stereocenters. The van der Waals surface area contributed by atoms with Gasteiger partial charge in [0.25, 0.3) is 0 Å². The van der Waals surface area contributed by atoms with Crippen molar-refractivity contribution in [3.63, 3.8) is 0 Å². The molecule has 0 radical (unpaired) electrons. The van der Waals surface area contributed by atoms with E-state index in [0.29, 0.717) is 19.6 Å². The Labute approximate surface area is 121 Å². The van der Waals surface area contributed by atoms with Crippen LogP contribution in [0.3, 0.4) is 0 Å². The molecule has 2 atom stereocenters. The van der Waals surface area contributed by atoms with Crippen molar-refractivity contribution < 1.29 is 14.8 Å². The van der Waals surface area contributed by atoms with Crippen LogP contribution in [-0.2, 0) is 4.74 Å². The number of aliphatic hydroxyl groups is 1. The van der Waals surface area contributed by atoms with Gasteiger partial charge in [0.05, 0.1) is 11.0 Å². The topological polar surface area (TPSA) is 122 Å². The normalized spacial score (nSPS) is 24.8. The number of nitrogens with zero attached hydrogens (tertiary/aromatic N) is 3. The van der Waals surface area contributed by atoms with E-state index in [2.05, 4.69) is 20.6 Å². The van der Waals surface area contributed by atoms with E-state index in [4.69, 9.17) is 4.74 Å². The fraction of sp³-hybridized carbons (Fsp3) is 0.667. The number of anilines is 2. The van der Waals surface area contributed by atoms with Gasteiger partial charge in [0, 0.05) is 26.1 Å². The third-order valence-corrected chi connectivity index (χ3v) is 3.57. The van der Waals surface area contributed by atoms with Crippen LogP contribution in [0.5, 0.6) is 0 Å². The lowest BCUT2D eigenvalue weighted by molar-refractivity contribution is -0.383. The smallest absolute Gasteiger partial charge is 0.353 e. The van der Waals surface area contributed by atoms with Gasteiger partial charge in [-0.05, 0) is 13.8 Å². The maximum Gasteiger partial charge on any atom is 0.353 e. The SMILES string of the molecule is CCNc1ncnc(NCC2(O)CCOC2C)c1[N+](=O)[O-]. The largest absolute Gasteiger partial charge is 0.385 e. The van der Waals surface area contributed by atoms with Crippen molar-refractivity contribution in [1.82, 2.24) is 9.97 Å². The molecule has 2 rings (SSSR count). The zero-order chi connectivity index (χ0) is 15.5. The number of hydrogen-bond acceptors (Lipinski definition) is 8. The summed E-state index contributed by atoms with van der Waals surface area (Å²) in [6.07, 6.45) is 1.38. The lowest BCUT2D eigenvalue weighted by Crippen LogP contribution is -2.43. The summed E-state index contributed by atoms with van der Waals surface area (Å²) in [5, 5.41) is 27.3. The van der Waals surface area contributed by atoms with Gasteiger partial charge >= 0.3 is 5.69 Å². The summed E-state index contributed by atoms with van der Waals surface area (Å²) in [4.78, 5) is 18.4. The van der Waals surface area contributed by atoms with Crippen molar-refractivity contribution in [3.8, 4) is 0 Å². The third kappa shape index (κ3) is 3.19. The van der Waals surface area contributed by atoms with Crippen LogP contribution >= 0.6 is 0 Å². The minimum absolute atomic E-state index is 0.0819. The second-order valence-corrected chi connectivity index (χ2v) is 4.93. The number of aromatic nitrogens is 2. The van der Waals surface area contributed by atoms with Crippen molar-refractivity contribution in [2.45, 2.75) is 32.0 Å². The molecule has 0 aromatic carbocycles. The van der Waals surface area contributed by atoms with Gasteiger partial charge in [0.15, 0.2) is 0 Å². The fourth-order valence-electron chi connectivity index (χ4n) is 2.22. The quantitative estimate of drug-likeness (QED) is 0.519.